The zero-order valence-corrected chi connectivity index (χ0v) is 13.4. The van der Waals surface area contributed by atoms with E-state index in [1.807, 2.05) is 24.3 Å². The Morgan fingerprint density at radius 1 is 1.00 bits per heavy atom. The lowest BCUT2D eigenvalue weighted by Crippen LogP contribution is -2.14. The molecule has 0 saturated heterocycles. The molecule has 1 atom stereocenters. The van der Waals surface area contributed by atoms with Gasteiger partial charge in [-0.05, 0) is 55.5 Å². The molecule has 2 aromatic carbocycles. The summed E-state index contributed by atoms with van der Waals surface area (Å²) in [6.45, 7) is 0.609. The van der Waals surface area contributed by atoms with Gasteiger partial charge in [0, 0.05) is 5.56 Å². The van der Waals surface area contributed by atoms with Crippen molar-refractivity contribution in [3.8, 4) is 11.5 Å². The van der Waals surface area contributed by atoms with Crippen molar-refractivity contribution >= 4 is 0 Å². The van der Waals surface area contributed by atoms with Gasteiger partial charge in [0.1, 0.15) is 11.5 Å². The van der Waals surface area contributed by atoms with Gasteiger partial charge in [-0.15, -0.1) is 0 Å². The van der Waals surface area contributed by atoms with Crippen LogP contribution in [0.1, 0.15) is 29.9 Å². The first-order valence-electron chi connectivity index (χ1n) is 7.74. The minimum absolute atomic E-state index is 0.286. The van der Waals surface area contributed by atoms with Crippen LogP contribution in [0.15, 0.2) is 48.5 Å². The lowest BCUT2D eigenvalue weighted by atomic mass is 9.91. The molecule has 0 spiro atoms. The Labute approximate surface area is 133 Å². The predicted octanol–water partition coefficient (Wildman–Crippen LogP) is 3.77. The highest BCUT2D eigenvalue weighted by Crippen LogP contribution is 2.32. The first kappa shape index (κ1) is 16.4. The van der Waals surface area contributed by atoms with Crippen molar-refractivity contribution in [2.24, 2.45) is 5.73 Å². The zero-order chi connectivity index (χ0) is 15.8. The van der Waals surface area contributed by atoms with Crippen LogP contribution in [-0.2, 0) is 6.42 Å². The van der Waals surface area contributed by atoms with E-state index >= 15 is 0 Å². The maximum Gasteiger partial charge on any atom is 0.122 e. The molecule has 0 heterocycles. The van der Waals surface area contributed by atoms with Crippen molar-refractivity contribution in [1.82, 2.24) is 0 Å². The average Bonchev–Trinajstić information content (AvgIpc) is 2.59. The third kappa shape index (κ3) is 4.25. The SMILES string of the molecule is COc1ccc(OC)c(C(CN)CCCc2ccccc2)c1. The molecule has 0 aromatic heterocycles. The first-order valence-corrected chi connectivity index (χ1v) is 7.74. The summed E-state index contributed by atoms with van der Waals surface area (Å²) < 4.78 is 10.8. The predicted molar refractivity (Wildman–Crippen MR) is 90.7 cm³/mol. The van der Waals surface area contributed by atoms with Gasteiger partial charge in [-0.3, -0.25) is 0 Å². The zero-order valence-electron chi connectivity index (χ0n) is 13.4. The van der Waals surface area contributed by atoms with Crippen LogP contribution in [0.3, 0.4) is 0 Å². The molecule has 0 aliphatic heterocycles. The number of hydrogen-bond donors (Lipinski definition) is 1. The number of ether oxygens (including phenoxy) is 2. The van der Waals surface area contributed by atoms with E-state index < -0.39 is 0 Å². The second-order valence-electron chi connectivity index (χ2n) is 5.42. The van der Waals surface area contributed by atoms with Gasteiger partial charge in [0.15, 0.2) is 0 Å². The van der Waals surface area contributed by atoms with Crippen LogP contribution in [-0.4, -0.2) is 20.8 Å². The molecule has 0 radical (unpaired) electrons. The highest BCUT2D eigenvalue weighted by molar-refractivity contribution is 5.42. The number of nitrogens with two attached hydrogens (primary N) is 1. The molecule has 22 heavy (non-hydrogen) atoms. The summed E-state index contributed by atoms with van der Waals surface area (Å²) in [5, 5.41) is 0. The van der Waals surface area contributed by atoms with Crippen LogP contribution in [0.2, 0.25) is 0 Å². The Balaban J connectivity index is 2.04. The molecule has 3 nitrogen and oxygen atoms in total. The van der Waals surface area contributed by atoms with Gasteiger partial charge in [0.05, 0.1) is 14.2 Å². The number of aryl methyl sites for hydroxylation is 1. The van der Waals surface area contributed by atoms with Crippen molar-refractivity contribution in [2.75, 3.05) is 20.8 Å². The van der Waals surface area contributed by atoms with E-state index in [9.17, 15) is 0 Å². The quantitative estimate of drug-likeness (QED) is 0.807. The van der Waals surface area contributed by atoms with Gasteiger partial charge in [-0.25, -0.2) is 0 Å². The molecule has 0 saturated carbocycles. The molecule has 2 aromatic rings. The Morgan fingerprint density at radius 3 is 2.41 bits per heavy atom. The summed E-state index contributed by atoms with van der Waals surface area (Å²) in [5.74, 6) is 2.02. The van der Waals surface area contributed by atoms with Crippen LogP contribution in [0.4, 0.5) is 0 Å². The normalized spacial score (nSPS) is 12.0. The van der Waals surface area contributed by atoms with Gasteiger partial charge < -0.3 is 15.2 Å². The monoisotopic (exact) mass is 299 g/mol. The molecule has 0 amide bonds. The molecule has 3 heteroatoms. The third-order valence-electron chi connectivity index (χ3n) is 4.02. The molecular weight excluding hydrogens is 274 g/mol. The fourth-order valence-corrected chi connectivity index (χ4v) is 2.76. The van der Waals surface area contributed by atoms with Gasteiger partial charge in [-0.1, -0.05) is 30.3 Å². The third-order valence-corrected chi connectivity index (χ3v) is 4.02. The molecule has 0 aliphatic carbocycles. The number of methoxy groups -OCH3 is 2. The van der Waals surface area contributed by atoms with Gasteiger partial charge in [-0.2, -0.15) is 0 Å². The standard InChI is InChI=1S/C19H25NO2/c1-21-17-11-12-19(22-2)18(13-17)16(14-20)10-6-9-15-7-4-3-5-8-15/h3-5,7-8,11-13,16H,6,9-10,14,20H2,1-2H3. The number of hydrogen-bond acceptors (Lipinski definition) is 3. The van der Waals surface area contributed by atoms with E-state index in [2.05, 4.69) is 24.3 Å². The summed E-state index contributed by atoms with van der Waals surface area (Å²) in [4.78, 5) is 0. The van der Waals surface area contributed by atoms with E-state index in [0.29, 0.717) is 6.54 Å². The minimum Gasteiger partial charge on any atom is -0.497 e. The largest absolute Gasteiger partial charge is 0.497 e. The smallest absolute Gasteiger partial charge is 0.122 e. The second kappa shape index (κ2) is 8.44. The van der Waals surface area contributed by atoms with Crippen molar-refractivity contribution in [1.29, 1.82) is 0 Å². The summed E-state index contributed by atoms with van der Waals surface area (Å²) in [6, 6.07) is 16.5. The minimum atomic E-state index is 0.286. The maximum absolute atomic E-state index is 6.00. The van der Waals surface area contributed by atoms with Gasteiger partial charge in [0.25, 0.3) is 0 Å². The average molecular weight is 299 g/mol. The fourth-order valence-electron chi connectivity index (χ4n) is 2.76. The second-order valence-corrected chi connectivity index (χ2v) is 5.42. The maximum atomic E-state index is 6.00. The number of benzene rings is 2. The van der Waals surface area contributed by atoms with Crippen LogP contribution in [0, 0.1) is 0 Å². The lowest BCUT2D eigenvalue weighted by Gasteiger charge is -2.19. The summed E-state index contributed by atoms with van der Waals surface area (Å²) in [7, 11) is 3.38. The van der Waals surface area contributed by atoms with Gasteiger partial charge in [0.2, 0.25) is 0 Å². The highest BCUT2D eigenvalue weighted by atomic mass is 16.5. The van der Waals surface area contributed by atoms with Crippen LogP contribution in [0.5, 0.6) is 11.5 Å². The molecule has 0 fully saturated rings. The van der Waals surface area contributed by atoms with E-state index in [4.69, 9.17) is 15.2 Å². The van der Waals surface area contributed by atoms with Gasteiger partial charge >= 0.3 is 0 Å². The van der Waals surface area contributed by atoms with Crippen molar-refractivity contribution < 1.29 is 9.47 Å². The Morgan fingerprint density at radius 2 is 1.77 bits per heavy atom. The van der Waals surface area contributed by atoms with E-state index in [0.717, 1.165) is 36.3 Å². The number of rotatable bonds is 8. The topological polar surface area (TPSA) is 44.5 Å². The van der Waals surface area contributed by atoms with Crippen molar-refractivity contribution in [3.63, 3.8) is 0 Å². The van der Waals surface area contributed by atoms with Crippen LogP contribution < -0.4 is 15.2 Å². The Bertz CT molecular complexity index is 569. The molecule has 118 valence electrons. The Hall–Kier alpha value is -2.00. The summed E-state index contributed by atoms with van der Waals surface area (Å²) in [6.07, 6.45) is 3.21. The molecular formula is C19H25NO2. The van der Waals surface area contributed by atoms with E-state index in [1.165, 1.54) is 5.56 Å². The first-order chi connectivity index (χ1) is 10.8. The van der Waals surface area contributed by atoms with Crippen LogP contribution >= 0.6 is 0 Å². The molecule has 1 unspecified atom stereocenters. The lowest BCUT2D eigenvalue weighted by molar-refractivity contribution is 0.393. The molecule has 0 aliphatic rings. The van der Waals surface area contributed by atoms with Crippen LogP contribution in [0.25, 0.3) is 0 Å². The molecule has 2 N–H and O–H groups in total. The van der Waals surface area contributed by atoms with Crippen molar-refractivity contribution in [2.45, 2.75) is 25.2 Å². The Kier molecular flexibility index (Phi) is 6.28. The fraction of sp³-hybridized carbons (Fsp3) is 0.368. The van der Waals surface area contributed by atoms with E-state index in [-0.39, 0.29) is 5.92 Å². The summed E-state index contributed by atoms with van der Waals surface area (Å²) >= 11 is 0. The van der Waals surface area contributed by atoms with Crippen molar-refractivity contribution in [3.05, 3.63) is 59.7 Å². The van der Waals surface area contributed by atoms with E-state index in [1.54, 1.807) is 14.2 Å². The molecule has 0 bridgehead atoms. The molecule has 2 rings (SSSR count). The highest BCUT2D eigenvalue weighted by Gasteiger charge is 2.15. The summed E-state index contributed by atoms with van der Waals surface area (Å²) in [5.41, 5.74) is 8.51.